The number of nitrogens with one attached hydrogen (secondary N) is 1. The molecule has 3 aromatic rings. The first-order chi connectivity index (χ1) is 11.6. The average Bonchev–Trinajstić information content (AvgIpc) is 3.04. The Morgan fingerprint density at radius 3 is 2.75 bits per heavy atom. The van der Waals surface area contributed by atoms with Gasteiger partial charge >= 0.3 is 0 Å². The highest BCUT2D eigenvalue weighted by molar-refractivity contribution is 7.15. The van der Waals surface area contributed by atoms with Crippen LogP contribution in [0.25, 0.3) is 0 Å². The zero-order chi connectivity index (χ0) is 16.9. The number of rotatable bonds is 5. The summed E-state index contributed by atoms with van der Waals surface area (Å²) in [7, 11) is 1.56. The number of ether oxygens (including phenoxy) is 1. The van der Waals surface area contributed by atoms with Crippen molar-refractivity contribution in [3.05, 3.63) is 69.7 Å². The Hall–Kier alpha value is -2.44. The normalized spacial score (nSPS) is 10.4. The molecule has 2 aromatic carbocycles. The van der Waals surface area contributed by atoms with E-state index in [0.29, 0.717) is 27.9 Å². The standard InChI is InChI=1S/C17H14ClN3O2S/c1-23-14-4-2-3-12(10-14)16(22)19-17-21-20-15(24-17)9-11-5-7-13(18)8-6-11/h2-8,10H,9H2,1H3,(H,19,21,22). The minimum Gasteiger partial charge on any atom is -0.497 e. The van der Waals surface area contributed by atoms with Gasteiger partial charge in [0, 0.05) is 17.0 Å². The first-order valence-electron chi connectivity index (χ1n) is 7.16. The summed E-state index contributed by atoms with van der Waals surface area (Å²) in [5, 5.41) is 12.9. The summed E-state index contributed by atoms with van der Waals surface area (Å²) in [4.78, 5) is 12.2. The molecule has 7 heteroatoms. The SMILES string of the molecule is COc1cccc(C(=O)Nc2nnc(Cc3ccc(Cl)cc3)s2)c1. The van der Waals surface area contributed by atoms with Gasteiger partial charge in [0.25, 0.3) is 5.91 Å². The lowest BCUT2D eigenvalue weighted by Crippen LogP contribution is -2.11. The van der Waals surface area contributed by atoms with Crippen molar-refractivity contribution in [2.75, 3.05) is 12.4 Å². The summed E-state index contributed by atoms with van der Waals surface area (Å²) in [5.41, 5.74) is 1.59. The van der Waals surface area contributed by atoms with Gasteiger partial charge in [-0.3, -0.25) is 10.1 Å². The van der Waals surface area contributed by atoms with Crippen LogP contribution in [0.15, 0.2) is 48.5 Å². The molecule has 1 amide bonds. The Labute approximate surface area is 148 Å². The van der Waals surface area contributed by atoms with Gasteiger partial charge in [-0.2, -0.15) is 0 Å². The molecule has 0 atom stereocenters. The lowest BCUT2D eigenvalue weighted by Gasteiger charge is -2.03. The molecule has 0 saturated carbocycles. The lowest BCUT2D eigenvalue weighted by molar-refractivity contribution is 0.102. The molecule has 0 aliphatic rings. The average molecular weight is 360 g/mol. The van der Waals surface area contributed by atoms with E-state index < -0.39 is 0 Å². The molecule has 3 rings (SSSR count). The van der Waals surface area contributed by atoms with Crippen molar-refractivity contribution in [1.82, 2.24) is 10.2 Å². The van der Waals surface area contributed by atoms with E-state index in [0.717, 1.165) is 10.6 Å². The van der Waals surface area contributed by atoms with Gasteiger partial charge in [0.1, 0.15) is 10.8 Å². The van der Waals surface area contributed by atoms with Crippen molar-refractivity contribution < 1.29 is 9.53 Å². The molecule has 5 nitrogen and oxygen atoms in total. The quantitative estimate of drug-likeness (QED) is 0.746. The predicted octanol–water partition coefficient (Wildman–Crippen LogP) is 4.04. The number of amides is 1. The Morgan fingerprint density at radius 1 is 1.21 bits per heavy atom. The number of halogens is 1. The molecule has 0 unspecified atom stereocenters. The third-order valence-electron chi connectivity index (χ3n) is 3.29. The smallest absolute Gasteiger partial charge is 0.257 e. The van der Waals surface area contributed by atoms with Gasteiger partial charge < -0.3 is 4.74 Å². The van der Waals surface area contributed by atoms with Gasteiger partial charge in [0.15, 0.2) is 0 Å². The molecule has 0 saturated heterocycles. The van der Waals surface area contributed by atoms with Crippen molar-refractivity contribution in [2.24, 2.45) is 0 Å². The second-order valence-corrected chi connectivity index (χ2v) is 6.49. The predicted molar refractivity (Wildman–Crippen MR) is 95.1 cm³/mol. The topological polar surface area (TPSA) is 64.1 Å². The molecule has 0 fully saturated rings. The van der Waals surface area contributed by atoms with E-state index in [1.165, 1.54) is 11.3 Å². The van der Waals surface area contributed by atoms with E-state index in [1.54, 1.807) is 31.4 Å². The second kappa shape index (κ2) is 7.42. The Balaban J connectivity index is 1.67. The molecule has 0 aliphatic carbocycles. The van der Waals surface area contributed by atoms with Gasteiger partial charge in [-0.25, -0.2) is 0 Å². The molecule has 0 spiro atoms. The third-order valence-corrected chi connectivity index (χ3v) is 4.38. The molecule has 1 N–H and O–H groups in total. The largest absolute Gasteiger partial charge is 0.497 e. The summed E-state index contributed by atoms with van der Waals surface area (Å²) in [6.07, 6.45) is 0.643. The number of carbonyl (C=O) groups excluding carboxylic acids is 1. The van der Waals surface area contributed by atoms with E-state index >= 15 is 0 Å². The molecular formula is C17H14ClN3O2S. The number of aromatic nitrogens is 2. The van der Waals surface area contributed by atoms with Crippen molar-refractivity contribution in [1.29, 1.82) is 0 Å². The zero-order valence-electron chi connectivity index (χ0n) is 12.8. The highest BCUT2D eigenvalue weighted by Gasteiger charge is 2.11. The van der Waals surface area contributed by atoms with Gasteiger partial charge in [-0.1, -0.05) is 41.1 Å². The van der Waals surface area contributed by atoms with Crippen LogP contribution in [0.4, 0.5) is 5.13 Å². The molecular weight excluding hydrogens is 346 g/mol. The lowest BCUT2D eigenvalue weighted by atomic mass is 10.2. The minimum absolute atomic E-state index is 0.247. The number of hydrogen-bond donors (Lipinski definition) is 1. The number of methoxy groups -OCH3 is 1. The number of nitrogens with zero attached hydrogens (tertiary/aromatic N) is 2. The Bertz CT molecular complexity index is 849. The fourth-order valence-corrected chi connectivity index (χ4v) is 2.98. The molecule has 24 heavy (non-hydrogen) atoms. The van der Waals surface area contributed by atoms with Gasteiger partial charge in [-0.05, 0) is 35.9 Å². The summed E-state index contributed by atoms with van der Waals surface area (Å²) in [5.74, 6) is 0.381. The Morgan fingerprint density at radius 2 is 2.00 bits per heavy atom. The molecule has 122 valence electrons. The van der Waals surface area contributed by atoms with Crippen LogP contribution in [0.1, 0.15) is 20.9 Å². The van der Waals surface area contributed by atoms with Crippen LogP contribution in [0, 0.1) is 0 Å². The molecule has 0 radical (unpaired) electrons. The molecule has 1 aromatic heterocycles. The maximum atomic E-state index is 12.2. The van der Waals surface area contributed by atoms with Crippen molar-refractivity contribution in [2.45, 2.75) is 6.42 Å². The number of carbonyl (C=O) groups is 1. The highest BCUT2D eigenvalue weighted by Crippen LogP contribution is 2.21. The first-order valence-corrected chi connectivity index (χ1v) is 8.36. The van der Waals surface area contributed by atoms with E-state index in [2.05, 4.69) is 15.5 Å². The number of anilines is 1. The van der Waals surface area contributed by atoms with Crippen LogP contribution < -0.4 is 10.1 Å². The second-order valence-electron chi connectivity index (χ2n) is 4.99. The third kappa shape index (κ3) is 4.10. The van der Waals surface area contributed by atoms with Gasteiger partial charge in [0.05, 0.1) is 7.11 Å². The van der Waals surface area contributed by atoms with Crippen LogP contribution in [-0.2, 0) is 6.42 Å². The van der Waals surface area contributed by atoms with E-state index in [-0.39, 0.29) is 5.91 Å². The van der Waals surface area contributed by atoms with Gasteiger partial charge in [0.2, 0.25) is 5.13 Å². The van der Waals surface area contributed by atoms with Crippen LogP contribution in [0.5, 0.6) is 5.75 Å². The minimum atomic E-state index is -0.247. The van der Waals surface area contributed by atoms with Crippen molar-refractivity contribution in [3.8, 4) is 5.75 Å². The molecule has 1 heterocycles. The maximum absolute atomic E-state index is 12.2. The van der Waals surface area contributed by atoms with Crippen LogP contribution in [-0.4, -0.2) is 23.2 Å². The van der Waals surface area contributed by atoms with E-state index in [9.17, 15) is 4.79 Å². The van der Waals surface area contributed by atoms with E-state index in [4.69, 9.17) is 16.3 Å². The number of hydrogen-bond acceptors (Lipinski definition) is 5. The molecule has 0 aliphatic heterocycles. The van der Waals surface area contributed by atoms with Crippen LogP contribution in [0.2, 0.25) is 5.02 Å². The summed E-state index contributed by atoms with van der Waals surface area (Å²) in [6.45, 7) is 0. The highest BCUT2D eigenvalue weighted by atomic mass is 35.5. The summed E-state index contributed by atoms with van der Waals surface area (Å²) < 4.78 is 5.12. The van der Waals surface area contributed by atoms with Gasteiger partial charge in [-0.15, -0.1) is 10.2 Å². The number of benzene rings is 2. The first kappa shape index (κ1) is 16.4. The van der Waals surface area contributed by atoms with Crippen molar-refractivity contribution in [3.63, 3.8) is 0 Å². The van der Waals surface area contributed by atoms with Crippen LogP contribution >= 0.6 is 22.9 Å². The van der Waals surface area contributed by atoms with Crippen LogP contribution in [0.3, 0.4) is 0 Å². The monoisotopic (exact) mass is 359 g/mol. The fraction of sp³-hybridized carbons (Fsp3) is 0.118. The summed E-state index contributed by atoms with van der Waals surface area (Å²) in [6, 6.07) is 14.5. The summed E-state index contributed by atoms with van der Waals surface area (Å²) >= 11 is 7.22. The van der Waals surface area contributed by atoms with Crippen molar-refractivity contribution >= 4 is 34.0 Å². The Kier molecular flexibility index (Phi) is 5.08. The maximum Gasteiger partial charge on any atom is 0.257 e. The molecule has 0 bridgehead atoms. The zero-order valence-corrected chi connectivity index (χ0v) is 14.4. The fourth-order valence-electron chi connectivity index (χ4n) is 2.09. The van der Waals surface area contributed by atoms with E-state index in [1.807, 2.05) is 24.3 Å².